The molecule has 1 aromatic heterocycles. The predicted octanol–water partition coefficient (Wildman–Crippen LogP) is 6.48. The maximum Gasteiger partial charge on any atom is 0.573 e. The fourth-order valence-corrected chi connectivity index (χ4v) is 2.51. The average Bonchev–Trinajstić information content (AvgIpc) is 2.74. The van der Waals surface area contributed by atoms with Crippen LogP contribution in [0.2, 0.25) is 0 Å². The van der Waals surface area contributed by atoms with Gasteiger partial charge in [-0.3, -0.25) is 0 Å². The minimum Gasteiger partial charge on any atom is -0.406 e. The van der Waals surface area contributed by atoms with E-state index in [2.05, 4.69) is 35.3 Å². The molecule has 0 unspecified atom stereocenters. The summed E-state index contributed by atoms with van der Waals surface area (Å²) in [7, 11) is 0. The molecular weight excluding hydrogens is 513 g/mol. The van der Waals surface area contributed by atoms with Crippen molar-refractivity contribution >= 4 is 23.7 Å². The highest BCUT2D eigenvalue weighted by Crippen LogP contribution is 2.31. The van der Waals surface area contributed by atoms with E-state index in [0.29, 0.717) is 6.07 Å². The van der Waals surface area contributed by atoms with Crippen molar-refractivity contribution in [2.24, 2.45) is 5.10 Å². The molecule has 192 valence electrons. The van der Waals surface area contributed by atoms with Crippen LogP contribution in [0.4, 0.5) is 57.0 Å². The van der Waals surface area contributed by atoms with Crippen molar-refractivity contribution in [3.05, 3.63) is 65.9 Å². The lowest BCUT2D eigenvalue weighted by atomic mass is 10.2. The van der Waals surface area contributed by atoms with Crippen molar-refractivity contribution in [2.45, 2.75) is 18.9 Å². The molecule has 0 aliphatic carbocycles. The number of halogens is 9. The van der Waals surface area contributed by atoms with Gasteiger partial charge in [0.05, 0.1) is 6.21 Å². The third kappa shape index (κ3) is 8.52. The molecule has 3 aromatic rings. The third-order valence-corrected chi connectivity index (χ3v) is 3.87. The Kier molecular flexibility index (Phi) is 7.45. The predicted molar refractivity (Wildman–Crippen MR) is 108 cm³/mol. The molecule has 2 aromatic carbocycles. The second-order valence-electron chi connectivity index (χ2n) is 6.64. The second-order valence-corrected chi connectivity index (χ2v) is 6.64. The first-order valence-electron chi connectivity index (χ1n) is 9.40. The Labute approximate surface area is 195 Å². The molecule has 0 spiro atoms. The van der Waals surface area contributed by atoms with Crippen LogP contribution in [0, 0.1) is 0 Å². The summed E-state index contributed by atoms with van der Waals surface area (Å²) in [5.41, 5.74) is 1.17. The van der Waals surface area contributed by atoms with E-state index in [0.717, 1.165) is 42.6 Å². The van der Waals surface area contributed by atoms with Gasteiger partial charge in [0.2, 0.25) is 5.95 Å². The molecule has 0 atom stereocenters. The van der Waals surface area contributed by atoms with Gasteiger partial charge in [-0.05, 0) is 54.1 Å². The zero-order valence-corrected chi connectivity index (χ0v) is 17.3. The molecule has 7 nitrogen and oxygen atoms in total. The van der Waals surface area contributed by atoms with Crippen LogP contribution < -0.4 is 20.2 Å². The van der Waals surface area contributed by atoms with Crippen LogP contribution in [0.1, 0.15) is 11.3 Å². The Morgan fingerprint density at radius 1 is 0.722 bits per heavy atom. The summed E-state index contributed by atoms with van der Waals surface area (Å²) in [4.78, 5) is 7.10. The highest BCUT2D eigenvalue weighted by Gasteiger charge is 2.34. The summed E-state index contributed by atoms with van der Waals surface area (Å²) in [5.74, 6) is -1.99. The van der Waals surface area contributed by atoms with Crippen molar-refractivity contribution in [3.63, 3.8) is 0 Å². The maximum absolute atomic E-state index is 13.2. The maximum atomic E-state index is 13.2. The summed E-state index contributed by atoms with van der Waals surface area (Å²) in [5, 5.41) is 6.15. The number of aromatic nitrogens is 2. The van der Waals surface area contributed by atoms with Crippen molar-refractivity contribution in [3.8, 4) is 11.5 Å². The molecule has 0 saturated heterocycles. The van der Waals surface area contributed by atoms with Gasteiger partial charge in [0.25, 0.3) is 0 Å². The van der Waals surface area contributed by atoms with Crippen molar-refractivity contribution in [1.29, 1.82) is 0 Å². The Morgan fingerprint density at radius 3 is 1.75 bits per heavy atom. The van der Waals surface area contributed by atoms with Crippen molar-refractivity contribution in [1.82, 2.24) is 9.97 Å². The third-order valence-electron chi connectivity index (χ3n) is 3.87. The zero-order valence-electron chi connectivity index (χ0n) is 17.3. The van der Waals surface area contributed by atoms with Crippen LogP contribution in [-0.4, -0.2) is 28.9 Å². The lowest BCUT2D eigenvalue weighted by Gasteiger charge is -2.12. The molecule has 0 saturated carbocycles. The Bertz CT molecular complexity index is 1190. The monoisotopic (exact) mass is 525 g/mol. The number of alkyl halides is 9. The lowest BCUT2D eigenvalue weighted by Crippen LogP contribution is -2.17. The number of benzene rings is 2. The standard InChI is InChI=1S/C20H12F9N5O2/c21-18(22,23)15-9-16(31-12-3-7-14(8-4-12)36-20(27,28)29)33-17(32-15)34-30-10-11-1-5-13(6-2-11)35-19(24,25)26/h1-10H,(H2,31,32,33,34)/b30-10+. The fourth-order valence-electron chi connectivity index (χ4n) is 2.51. The van der Waals surface area contributed by atoms with Gasteiger partial charge in [-0.1, -0.05) is 0 Å². The summed E-state index contributed by atoms with van der Waals surface area (Å²) in [6.45, 7) is 0. The van der Waals surface area contributed by atoms with Crippen LogP contribution in [0.15, 0.2) is 59.7 Å². The van der Waals surface area contributed by atoms with E-state index in [1.807, 2.05) is 0 Å². The van der Waals surface area contributed by atoms with Gasteiger partial charge in [-0.15, -0.1) is 26.3 Å². The number of rotatable bonds is 7. The van der Waals surface area contributed by atoms with E-state index in [-0.39, 0.29) is 17.1 Å². The molecule has 0 aliphatic rings. The Hall–Kier alpha value is -4.24. The molecule has 0 fully saturated rings. The highest BCUT2D eigenvalue weighted by molar-refractivity contribution is 5.80. The minimum absolute atomic E-state index is 0.0898. The average molecular weight is 525 g/mol. The first-order chi connectivity index (χ1) is 16.7. The van der Waals surface area contributed by atoms with Gasteiger partial charge >= 0.3 is 18.9 Å². The van der Waals surface area contributed by atoms with E-state index >= 15 is 0 Å². The largest absolute Gasteiger partial charge is 0.573 e. The molecule has 1 heterocycles. The smallest absolute Gasteiger partial charge is 0.406 e. The molecule has 0 bridgehead atoms. The SMILES string of the molecule is FC(F)(F)Oc1ccc(/C=N/Nc2nc(Nc3ccc(OC(F)(F)F)cc3)cc(C(F)(F)F)n2)cc1. The minimum atomic E-state index is -4.91. The molecule has 3 rings (SSSR count). The number of nitrogens with one attached hydrogen (secondary N) is 2. The molecular formula is C20H12F9N5O2. The number of hydrazone groups is 1. The quantitative estimate of drug-likeness (QED) is 0.209. The first-order valence-corrected chi connectivity index (χ1v) is 9.40. The Morgan fingerprint density at radius 2 is 1.25 bits per heavy atom. The van der Waals surface area contributed by atoms with E-state index in [9.17, 15) is 39.5 Å². The zero-order chi connectivity index (χ0) is 26.6. The van der Waals surface area contributed by atoms with Crippen molar-refractivity contribution < 1.29 is 49.0 Å². The van der Waals surface area contributed by atoms with Gasteiger partial charge < -0.3 is 14.8 Å². The van der Waals surface area contributed by atoms with Gasteiger partial charge in [-0.25, -0.2) is 10.4 Å². The molecule has 0 amide bonds. The number of hydrogen-bond acceptors (Lipinski definition) is 7. The van der Waals surface area contributed by atoms with Gasteiger partial charge in [0.15, 0.2) is 5.69 Å². The second kappa shape index (κ2) is 10.2. The normalized spacial score (nSPS) is 12.5. The number of nitrogens with zero attached hydrogens (tertiary/aromatic N) is 3. The lowest BCUT2D eigenvalue weighted by molar-refractivity contribution is -0.275. The van der Waals surface area contributed by atoms with Gasteiger partial charge in [0, 0.05) is 11.8 Å². The summed E-state index contributed by atoms with van der Waals surface area (Å²) in [6.07, 6.45) is -13.6. The van der Waals surface area contributed by atoms with Crippen molar-refractivity contribution in [2.75, 3.05) is 10.7 Å². The molecule has 0 aliphatic heterocycles. The highest BCUT2D eigenvalue weighted by atomic mass is 19.4. The summed E-state index contributed by atoms with van der Waals surface area (Å²) >= 11 is 0. The van der Waals surface area contributed by atoms with Crippen LogP contribution >= 0.6 is 0 Å². The molecule has 0 radical (unpaired) electrons. The van der Waals surface area contributed by atoms with Crippen LogP contribution in [-0.2, 0) is 6.18 Å². The van der Waals surface area contributed by atoms with E-state index < -0.39 is 42.0 Å². The molecule has 16 heteroatoms. The molecule has 36 heavy (non-hydrogen) atoms. The van der Waals surface area contributed by atoms with Gasteiger partial charge in [0.1, 0.15) is 17.3 Å². The number of hydrogen-bond donors (Lipinski definition) is 2. The van der Waals surface area contributed by atoms with Crippen LogP contribution in [0.3, 0.4) is 0 Å². The number of anilines is 3. The van der Waals surface area contributed by atoms with E-state index in [1.54, 1.807) is 0 Å². The topological polar surface area (TPSA) is 80.7 Å². The van der Waals surface area contributed by atoms with Crippen LogP contribution in [0.25, 0.3) is 0 Å². The van der Waals surface area contributed by atoms with E-state index in [1.165, 1.54) is 12.1 Å². The van der Waals surface area contributed by atoms with Crippen LogP contribution in [0.5, 0.6) is 11.5 Å². The number of ether oxygens (including phenoxy) is 2. The van der Waals surface area contributed by atoms with E-state index in [4.69, 9.17) is 0 Å². The Balaban J connectivity index is 1.74. The fraction of sp³-hybridized carbons (Fsp3) is 0.150. The first kappa shape index (κ1) is 26.4. The summed E-state index contributed by atoms with van der Waals surface area (Å²) < 4.78 is 120. The van der Waals surface area contributed by atoms with Gasteiger partial charge in [-0.2, -0.15) is 23.3 Å². The summed E-state index contributed by atoms with van der Waals surface area (Å²) in [6, 6.07) is 9.10. The molecule has 2 N–H and O–H groups in total.